The summed E-state index contributed by atoms with van der Waals surface area (Å²) >= 11 is 0. The van der Waals surface area contributed by atoms with E-state index in [1.807, 2.05) is 17.9 Å². The lowest BCUT2D eigenvalue weighted by molar-refractivity contribution is 0.738. The van der Waals surface area contributed by atoms with Crippen LogP contribution in [0.15, 0.2) is 24.4 Å². The van der Waals surface area contributed by atoms with E-state index >= 15 is 0 Å². The molecule has 0 saturated heterocycles. The van der Waals surface area contributed by atoms with Crippen molar-refractivity contribution in [1.82, 2.24) is 9.78 Å². The molecule has 0 spiro atoms. The zero-order valence-corrected chi connectivity index (χ0v) is 11.6. The monoisotopic (exact) mass is 243 g/mol. The topological polar surface area (TPSA) is 29.9 Å². The summed E-state index contributed by atoms with van der Waals surface area (Å²) in [5, 5.41) is 7.82. The van der Waals surface area contributed by atoms with E-state index in [1.165, 1.54) is 28.1 Å². The van der Waals surface area contributed by atoms with Crippen LogP contribution in [0.4, 0.5) is 5.69 Å². The number of rotatable bonds is 4. The van der Waals surface area contributed by atoms with Crippen molar-refractivity contribution < 1.29 is 0 Å². The Morgan fingerprint density at radius 1 is 1.22 bits per heavy atom. The average Bonchev–Trinajstić information content (AvgIpc) is 2.68. The first-order valence-corrected chi connectivity index (χ1v) is 6.43. The Labute approximate surface area is 109 Å². The molecule has 0 amide bonds. The van der Waals surface area contributed by atoms with Gasteiger partial charge in [0, 0.05) is 30.5 Å². The summed E-state index contributed by atoms with van der Waals surface area (Å²) in [6.07, 6.45) is 2.99. The van der Waals surface area contributed by atoms with E-state index in [0.29, 0.717) is 0 Å². The van der Waals surface area contributed by atoms with Crippen molar-refractivity contribution in [3.05, 3.63) is 46.8 Å². The second kappa shape index (κ2) is 5.25. The Hall–Kier alpha value is -1.77. The molecular weight excluding hydrogens is 222 g/mol. The Morgan fingerprint density at radius 2 is 2.00 bits per heavy atom. The van der Waals surface area contributed by atoms with Crippen LogP contribution >= 0.6 is 0 Å². The number of anilines is 1. The van der Waals surface area contributed by atoms with E-state index in [4.69, 9.17) is 0 Å². The number of benzene rings is 1. The highest BCUT2D eigenvalue weighted by Crippen LogP contribution is 2.22. The van der Waals surface area contributed by atoms with Crippen molar-refractivity contribution in [3.63, 3.8) is 0 Å². The molecule has 1 aromatic carbocycles. The number of hydrogen-bond acceptors (Lipinski definition) is 2. The summed E-state index contributed by atoms with van der Waals surface area (Å²) in [6.45, 7) is 7.27. The van der Waals surface area contributed by atoms with E-state index < -0.39 is 0 Å². The lowest BCUT2D eigenvalue weighted by Gasteiger charge is -2.13. The molecule has 0 bridgehead atoms. The molecule has 0 atom stereocenters. The highest BCUT2D eigenvalue weighted by molar-refractivity contribution is 5.57. The number of hydrogen-bond donors (Lipinski definition) is 1. The fourth-order valence-electron chi connectivity index (χ4n) is 2.18. The summed E-state index contributed by atoms with van der Waals surface area (Å²) in [5.41, 5.74) is 6.41. The van der Waals surface area contributed by atoms with Gasteiger partial charge in [0.15, 0.2) is 0 Å². The predicted molar refractivity (Wildman–Crippen MR) is 75.8 cm³/mol. The number of para-hydroxylation sites is 1. The summed E-state index contributed by atoms with van der Waals surface area (Å²) in [5.74, 6) is 0. The van der Waals surface area contributed by atoms with Gasteiger partial charge in [-0.3, -0.25) is 4.68 Å². The van der Waals surface area contributed by atoms with Crippen LogP contribution in [-0.4, -0.2) is 9.78 Å². The Balaban J connectivity index is 2.18. The molecule has 0 radical (unpaired) electrons. The van der Waals surface area contributed by atoms with E-state index in [0.717, 1.165) is 13.0 Å². The van der Waals surface area contributed by atoms with E-state index in [1.54, 1.807) is 0 Å². The van der Waals surface area contributed by atoms with Gasteiger partial charge in [-0.15, -0.1) is 0 Å². The highest BCUT2D eigenvalue weighted by Gasteiger charge is 2.06. The quantitative estimate of drug-likeness (QED) is 0.893. The molecule has 0 fully saturated rings. The van der Waals surface area contributed by atoms with Gasteiger partial charge in [0.25, 0.3) is 0 Å². The van der Waals surface area contributed by atoms with Crippen LogP contribution in [0, 0.1) is 13.8 Å². The lowest BCUT2D eigenvalue weighted by Crippen LogP contribution is -2.05. The van der Waals surface area contributed by atoms with Gasteiger partial charge in [-0.1, -0.05) is 25.1 Å². The minimum Gasteiger partial charge on any atom is -0.380 e. The second-order valence-electron chi connectivity index (χ2n) is 4.69. The third-order valence-electron chi connectivity index (χ3n) is 3.53. The standard InChI is InChI=1S/C15H21N3/c1-5-13-8-6-7-11(2)15(13)16-9-14-10-17-18(4)12(14)3/h6-8,10,16H,5,9H2,1-4H3. The molecule has 3 heteroatoms. The zero-order chi connectivity index (χ0) is 13.1. The summed E-state index contributed by atoms with van der Waals surface area (Å²) in [7, 11) is 1.98. The largest absolute Gasteiger partial charge is 0.380 e. The highest BCUT2D eigenvalue weighted by atomic mass is 15.3. The second-order valence-corrected chi connectivity index (χ2v) is 4.69. The van der Waals surface area contributed by atoms with Crippen molar-refractivity contribution in [2.75, 3.05) is 5.32 Å². The third kappa shape index (κ3) is 2.40. The molecule has 18 heavy (non-hydrogen) atoms. The molecule has 3 nitrogen and oxygen atoms in total. The van der Waals surface area contributed by atoms with Gasteiger partial charge in [-0.25, -0.2) is 0 Å². The van der Waals surface area contributed by atoms with Crippen LogP contribution in [0.1, 0.15) is 29.3 Å². The number of aromatic nitrogens is 2. The third-order valence-corrected chi connectivity index (χ3v) is 3.53. The van der Waals surface area contributed by atoms with Gasteiger partial charge < -0.3 is 5.32 Å². The molecule has 0 aliphatic rings. The molecule has 0 saturated carbocycles. The van der Waals surface area contributed by atoms with Crippen molar-refractivity contribution >= 4 is 5.69 Å². The molecule has 1 aromatic heterocycles. The van der Waals surface area contributed by atoms with Crippen molar-refractivity contribution in [3.8, 4) is 0 Å². The van der Waals surface area contributed by atoms with Crippen molar-refractivity contribution in [2.24, 2.45) is 7.05 Å². The first kappa shape index (κ1) is 12.7. The fourth-order valence-corrected chi connectivity index (χ4v) is 2.18. The van der Waals surface area contributed by atoms with Gasteiger partial charge >= 0.3 is 0 Å². The molecule has 96 valence electrons. The van der Waals surface area contributed by atoms with Crippen LogP contribution in [0.2, 0.25) is 0 Å². The van der Waals surface area contributed by atoms with Crippen LogP contribution < -0.4 is 5.32 Å². The van der Waals surface area contributed by atoms with Crippen LogP contribution in [0.5, 0.6) is 0 Å². The smallest absolute Gasteiger partial charge is 0.0542 e. The Bertz CT molecular complexity index is 541. The lowest BCUT2D eigenvalue weighted by atomic mass is 10.1. The molecule has 1 heterocycles. The van der Waals surface area contributed by atoms with E-state index in [9.17, 15) is 0 Å². The predicted octanol–water partition coefficient (Wildman–Crippen LogP) is 3.21. The fraction of sp³-hybridized carbons (Fsp3) is 0.400. The van der Waals surface area contributed by atoms with E-state index in [2.05, 4.69) is 49.4 Å². The maximum atomic E-state index is 4.27. The molecule has 2 aromatic rings. The summed E-state index contributed by atoms with van der Waals surface area (Å²) < 4.78 is 1.91. The molecule has 0 aliphatic carbocycles. The number of nitrogens with zero attached hydrogens (tertiary/aromatic N) is 2. The van der Waals surface area contributed by atoms with Gasteiger partial charge in [-0.05, 0) is 31.4 Å². The van der Waals surface area contributed by atoms with Crippen molar-refractivity contribution in [1.29, 1.82) is 0 Å². The minimum absolute atomic E-state index is 0.831. The molecule has 2 rings (SSSR count). The SMILES string of the molecule is CCc1cccc(C)c1NCc1cnn(C)c1C. The molecule has 0 unspecified atom stereocenters. The first-order valence-electron chi connectivity index (χ1n) is 6.43. The normalized spacial score (nSPS) is 10.7. The van der Waals surface area contributed by atoms with Crippen LogP contribution in [0.25, 0.3) is 0 Å². The van der Waals surface area contributed by atoms with Crippen LogP contribution in [-0.2, 0) is 20.0 Å². The zero-order valence-electron chi connectivity index (χ0n) is 11.6. The van der Waals surface area contributed by atoms with Crippen molar-refractivity contribution in [2.45, 2.75) is 33.7 Å². The van der Waals surface area contributed by atoms with Gasteiger partial charge in [0.1, 0.15) is 0 Å². The average molecular weight is 243 g/mol. The Morgan fingerprint density at radius 3 is 2.61 bits per heavy atom. The summed E-state index contributed by atoms with van der Waals surface area (Å²) in [4.78, 5) is 0. The molecule has 1 N–H and O–H groups in total. The maximum Gasteiger partial charge on any atom is 0.0542 e. The number of nitrogens with one attached hydrogen (secondary N) is 1. The first-order chi connectivity index (χ1) is 8.63. The number of aryl methyl sites for hydroxylation is 3. The van der Waals surface area contributed by atoms with Crippen LogP contribution in [0.3, 0.4) is 0 Å². The Kier molecular flexibility index (Phi) is 3.70. The van der Waals surface area contributed by atoms with Gasteiger partial charge in [0.05, 0.1) is 6.20 Å². The van der Waals surface area contributed by atoms with Gasteiger partial charge in [0.2, 0.25) is 0 Å². The van der Waals surface area contributed by atoms with Gasteiger partial charge in [-0.2, -0.15) is 5.10 Å². The summed E-state index contributed by atoms with van der Waals surface area (Å²) in [6, 6.07) is 6.46. The molecular formula is C15H21N3. The van der Waals surface area contributed by atoms with E-state index in [-0.39, 0.29) is 0 Å². The maximum absolute atomic E-state index is 4.27. The minimum atomic E-state index is 0.831. The molecule has 0 aliphatic heterocycles.